The maximum absolute atomic E-state index is 13.0. The lowest BCUT2D eigenvalue weighted by Crippen LogP contribution is -2.37. The first-order chi connectivity index (χ1) is 12.7. The monoisotopic (exact) mass is 344 g/mol. The van der Waals surface area contributed by atoms with E-state index in [1.54, 1.807) is 23.1 Å². The SMILES string of the molecule is O=C(c1cc2ccccc2oc1=O)N1CCc2[nH]c3ccccc3c2C1. The molecule has 5 rings (SSSR count). The minimum absolute atomic E-state index is 0.0898. The number of aromatic amines is 1. The highest BCUT2D eigenvalue weighted by molar-refractivity contribution is 5.97. The van der Waals surface area contributed by atoms with Crippen LogP contribution in [0.5, 0.6) is 0 Å². The van der Waals surface area contributed by atoms with Crippen molar-refractivity contribution in [3.8, 4) is 0 Å². The molecule has 5 heteroatoms. The molecule has 0 bridgehead atoms. The van der Waals surface area contributed by atoms with Crippen LogP contribution < -0.4 is 5.63 Å². The summed E-state index contributed by atoms with van der Waals surface area (Å²) in [4.78, 5) is 30.5. The fraction of sp³-hybridized carbons (Fsp3) is 0.143. The van der Waals surface area contributed by atoms with Crippen molar-refractivity contribution in [1.29, 1.82) is 0 Å². The number of hydrogen-bond donors (Lipinski definition) is 1. The van der Waals surface area contributed by atoms with Crippen LogP contribution in [0.15, 0.2) is 63.8 Å². The first-order valence-electron chi connectivity index (χ1n) is 8.61. The molecule has 0 fully saturated rings. The van der Waals surface area contributed by atoms with Crippen LogP contribution in [0.4, 0.5) is 0 Å². The number of amides is 1. The Morgan fingerprint density at radius 1 is 1.08 bits per heavy atom. The van der Waals surface area contributed by atoms with E-state index in [4.69, 9.17) is 4.42 Å². The molecule has 2 aromatic heterocycles. The van der Waals surface area contributed by atoms with Crippen molar-refractivity contribution in [2.45, 2.75) is 13.0 Å². The minimum Gasteiger partial charge on any atom is -0.422 e. The summed E-state index contributed by atoms with van der Waals surface area (Å²) in [6.07, 6.45) is 0.745. The predicted molar refractivity (Wildman–Crippen MR) is 99.2 cm³/mol. The van der Waals surface area contributed by atoms with E-state index < -0.39 is 5.63 Å². The Morgan fingerprint density at radius 2 is 1.88 bits per heavy atom. The largest absolute Gasteiger partial charge is 0.422 e. The van der Waals surface area contributed by atoms with Crippen LogP contribution in [0.25, 0.3) is 21.9 Å². The molecule has 2 aromatic carbocycles. The predicted octanol–water partition coefficient (Wildman–Crippen LogP) is 3.47. The summed E-state index contributed by atoms with van der Waals surface area (Å²) < 4.78 is 5.32. The molecule has 0 saturated carbocycles. The van der Waals surface area contributed by atoms with Crippen LogP contribution in [-0.2, 0) is 13.0 Å². The summed E-state index contributed by atoms with van der Waals surface area (Å²) in [7, 11) is 0. The lowest BCUT2D eigenvalue weighted by Gasteiger charge is -2.27. The van der Waals surface area contributed by atoms with Crippen LogP contribution in [0, 0.1) is 0 Å². The number of benzene rings is 2. The second-order valence-electron chi connectivity index (χ2n) is 6.59. The fourth-order valence-corrected chi connectivity index (χ4v) is 3.72. The number of fused-ring (bicyclic) bond motifs is 4. The summed E-state index contributed by atoms with van der Waals surface area (Å²) >= 11 is 0. The zero-order valence-corrected chi connectivity index (χ0v) is 14.0. The normalized spacial score (nSPS) is 13.9. The van der Waals surface area contributed by atoms with Gasteiger partial charge in [-0.15, -0.1) is 0 Å². The zero-order valence-electron chi connectivity index (χ0n) is 14.0. The number of aromatic nitrogens is 1. The first kappa shape index (κ1) is 15.0. The average molecular weight is 344 g/mol. The van der Waals surface area contributed by atoms with Crippen molar-refractivity contribution in [2.75, 3.05) is 6.54 Å². The average Bonchev–Trinajstić information content (AvgIpc) is 3.05. The Hall–Kier alpha value is -3.34. The van der Waals surface area contributed by atoms with Gasteiger partial charge in [-0.05, 0) is 18.2 Å². The number of nitrogens with one attached hydrogen (secondary N) is 1. The van der Waals surface area contributed by atoms with Crippen LogP contribution in [-0.4, -0.2) is 22.3 Å². The first-order valence-corrected chi connectivity index (χ1v) is 8.61. The third-order valence-electron chi connectivity index (χ3n) is 5.04. The van der Waals surface area contributed by atoms with E-state index in [2.05, 4.69) is 11.1 Å². The number of para-hydroxylation sites is 2. The standard InChI is InChI=1S/C21H16N2O3/c24-20(15-11-13-5-1-4-8-19(13)26-21(15)25)23-10-9-18-16(12-23)14-6-2-3-7-17(14)22-18/h1-8,11,22H,9-10,12H2. The maximum atomic E-state index is 13.0. The van der Waals surface area contributed by atoms with E-state index >= 15 is 0 Å². The Kier molecular flexibility index (Phi) is 3.22. The third kappa shape index (κ3) is 2.24. The van der Waals surface area contributed by atoms with E-state index in [1.807, 2.05) is 30.3 Å². The lowest BCUT2D eigenvalue weighted by molar-refractivity contribution is 0.0731. The Labute approximate surface area is 148 Å². The van der Waals surface area contributed by atoms with Gasteiger partial charge in [0, 0.05) is 47.1 Å². The molecule has 1 amide bonds. The Bertz CT molecular complexity index is 1220. The fourth-order valence-electron chi connectivity index (χ4n) is 3.72. The van der Waals surface area contributed by atoms with Crippen LogP contribution in [0.1, 0.15) is 21.6 Å². The van der Waals surface area contributed by atoms with E-state index in [0.717, 1.165) is 28.3 Å². The summed E-state index contributed by atoms with van der Waals surface area (Å²) in [5.41, 5.74) is 3.38. The summed E-state index contributed by atoms with van der Waals surface area (Å²) in [6.45, 7) is 1.06. The van der Waals surface area contributed by atoms with Crippen molar-refractivity contribution in [1.82, 2.24) is 9.88 Å². The molecule has 1 N–H and O–H groups in total. The van der Waals surface area contributed by atoms with Gasteiger partial charge >= 0.3 is 5.63 Å². The number of carbonyl (C=O) groups excluding carboxylic acids is 1. The molecule has 0 aliphatic carbocycles. The number of nitrogens with zero attached hydrogens (tertiary/aromatic N) is 1. The highest BCUT2D eigenvalue weighted by atomic mass is 16.4. The van der Waals surface area contributed by atoms with E-state index in [9.17, 15) is 9.59 Å². The van der Waals surface area contributed by atoms with Crippen molar-refractivity contribution >= 4 is 27.8 Å². The molecule has 1 aliphatic heterocycles. The van der Waals surface area contributed by atoms with Gasteiger partial charge in [0.1, 0.15) is 11.1 Å². The Morgan fingerprint density at radius 3 is 2.81 bits per heavy atom. The van der Waals surface area contributed by atoms with Crippen molar-refractivity contribution in [3.05, 3.63) is 81.8 Å². The topological polar surface area (TPSA) is 66.3 Å². The number of carbonyl (C=O) groups is 1. The van der Waals surface area contributed by atoms with E-state index in [1.165, 1.54) is 5.69 Å². The molecule has 5 nitrogen and oxygen atoms in total. The number of hydrogen-bond acceptors (Lipinski definition) is 3. The highest BCUT2D eigenvalue weighted by Crippen LogP contribution is 2.28. The quantitative estimate of drug-likeness (QED) is 0.538. The molecule has 1 aliphatic rings. The molecule has 0 saturated heterocycles. The molecule has 0 atom stereocenters. The summed E-state index contributed by atoms with van der Waals surface area (Å²) in [5.74, 6) is -0.277. The molecular formula is C21H16N2O3. The van der Waals surface area contributed by atoms with Crippen molar-refractivity contribution in [3.63, 3.8) is 0 Å². The van der Waals surface area contributed by atoms with Crippen molar-refractivity contribution < 1.29 is 9.21 Å². The Balaban J connectivity index is 1.54. The third-order valence-corrected chi connectivity index (χ3v) is 5.04. The van der Waals surface area contributed by atoms with E-state index in [0.29, 0.717) is 18.7 Å². The van der Waals surface area contributed by atoms with Crippen LogP contribution >= 0.6 is 0 Å². The van der Waals surface area contributed by atoms with Gasteiger partial charge in [0.2, 0.25) is 0 Å². The molecule has 0 spiro atoms. The minimum atomic E-state index is -0.585. The second kappa shape index (κ2) is 5.59. The zero-order chi connectivity index (χ0) is 17.7. The van der Waals surface area contributed by atoms with Gasteiger partial charge in [-0.1, -0.05) is 36.4 Å². The van der Waals surface area contributed by atoms with Crippen LogP contribution in [0.3, 0.4) is 0 Å². The molecule has 26 heavy (non-hydrogen) atoms. The van der Waals surface area contributed by atoms with Crippen LogP contribution in [0.2, 0.25) is 0 Å². The summed E-state index contributed by atoms with van der Waals surface area (Å²) in [6, 6.07) is 16.9. The van der Waals surface area contributed by atoms with Gasteiger partial charge < -0.3 is 14.3 Å². The second-order valence-corrected chi connectivity index (χ2v) is 6.59. The van der Waals surface area contributed by atoms with Gasteiger partial charge in [-0.2, -0.15) is 0 Å². The summed E-state index contributed by atoms with van der Waals surface area (Å²) in [5, 5.41) is 1.88. The molecule has 4 aromatic rings. The maximum Gasteiger partial charge on any atom is 0.349 e. The molecule has 0 unspecified atom stereocenters. The molecular weight excluding hydrogens is 328 g/mol. The van der Waals surface area contributed by atoms with Crippen molar-refractivity contribution in [2.24, 2.45) is 0 Å². The molecule has 128 valence electrons. The molecule has 3 heterocycles. The smallest absolute Gasteiger partial charge is 0.349 e. The van der Waals surface area contributed by atoms with Gasteiger partial charge in [0.15, 0.2) is 0 Å². The van der Waals surface area contributed by atoms with Gasteiger partial charge in [-0.25, -0.2) is 4.79 Å². The van der Waals surface area contributed by atoms with Gasteiger partial charge in [0.25, 0.3) is 5.91 Å². The molecule has 0 radical (unpaired) electrons. The lowest BCUT2D eigenvalue weighted by atomic mass is 10.0. The highest BCUT2D eigenvalue weighted by Gasteiger charge is 2.26. The van der Waals surface area contributed by atoms with Gasteiger partial charge in [0.05, 0.1) is 0 Å². The van der Waals surface area contributed by atoms with E-state index in [-0.39, 0.29) is 11.5 Å². The van der Waals surface area contributed by atoms with Gasteiger partial charge in [-0.3, -0.25) is 4.79 Å². The number of H-pyrrole nitrogens is 1. The number of rotatable bonds is 1.